The monoisotopic (exact) mass is 428 g/mol. The van der Waals surface area contributed by atoms with Crippen LogP contribution in [0.1, 0.15) is 19.3 Å². The molecule has 7 nitrogen and oxygen atoms in total. The van der Waals surface area contributed by atoms with Crippen molar-refractivity contribution in [1.29, 1.82) is 0 Å². The molecule has 2 aliphatic heterocycles. The molecule has 2 bridgehead atoms. The molecule has 30 heavy (non-hydrogen) atoms. The summed E-state index contributed by atoms with van der Waals surface area (Å²) < 4.78 is 16.9. The van der Waals surface area contributed by atoms with E-state index in [0.717, 1.165) is 30.4 Å². The second-order valence-corrected chi connectivity index (χ2v) is 9.30. The number of nitrogens with zero attached hydrogens (tertiary/aromatic N) is 6. The van der Waals surface area contributed by atoms with Gasteiger partial charge in [-0.3, -0.25) is 9.58 Å². The van der Waals surface area contributed by atoms with Gasteiger partial charge in [0.2, 0.25) is 5.13 Å². The first-order chi connectivity index (χ1) is 14.4. The molecule has 2 aromatic heterocycles. The summed E-state index contributed by atoms with van der Waals surface area (Å²) in [7, 11) is 5.79. The number of alkyl halides is 1. The van der Waals surface area contributed by atoms with E-state index in [1.165, 1.54) is 11.3 Å². The van der Waals surface area contributed by atoms with Crippen LogP contribution in [0, 0.1) is 0 Å². The molecule has 4 heterocycles. The maximum atomic E-state index is 15.2. The van der Waals surface area contributed by atoms with Gasteiger partial charge in [-0.25, -0.2) is 4.39 Å². The number of aromatic nitrogens is 4. The Morgan fingerprint density at radius 2 is 2.03 bits per heavy atom. The summed E-state index contributed by atoms with van der Waals surface area (Å²) >= 11 is 1.38. The largest absolute Gasteiger partial charge is 0.507 e. The van der Waals surface area contributed by atoms with Gasteiger partial charge in [0.25, 0.3) is 0 Å². The Morgan fingerprint density at radius 3 is 2.77 bits per heavy atom. The van der Waals surface area contributed by atoms with Crippen LogP contribution in [-0.4, -0.2) is 68.4 Å². The van der Waals surface area contributed by atoms with E-state index in [-0.39, 0.29) is 17.8 Å². The molecule has 0 radical (unpaired) electrons. The highest BCUT2D eigenvalue weighted by atomic mass is 32.1. The second-order valence-electron chi connectivity index (χ2n) is 8.35. The fourth-order valence-electron chi connectivity index (χ4n) is 4.82. The van der Waals surface area contributed by atoms with Crippen LogP contribution in [0.5, 0.6) is 5.75 Å². The summed E-state index contributed by atoms with van der Waals surface area (Å²) in [5.41, 5.74) is 2.44. The van der Waals surface area contributed by atoms with E-state index < -0.39 is 6.17 Å². The average Bonchev–Trinajstić information content (AvgIpc) is 3.43. The van der Waals surface area contributed by atoms with Gasteiger partial charge >= 0.3 is 0 Å². The van der Waals surface area contributed by atoms with Crippen molar-refractivity contribution in [2.24, 2.45) is 7.05 Å². The Balaban J connectivity index is 1.38. The predicted molar refractivity (Wildman–Crippen MR) is 115 cm³/mol. The number of phenols is 1. The molecule has 2 fully saturated rings. The summed E-state index contributed by atoms with van der Waals surface area (Å²) in [5, 5.41) is 24.7. The lowest BCUT2D eigenvalue weighted by Gasteiger charge is -2.42. The highest BCUT2D eigenvalue weighted by Crippen LogP contribution is 2.41. The van der Waals surface area contributed by atoms with E-state index in [9.17, 15) is 5.11 Å². The number of hydrogen-bond acceptors (Lipinski definition) is 7. The van der Waals surface area contributed by atoms with E-state index in [2.05, 4.69) is 20.2 Å². The smallest absolute Gasteiger partial charge is 0.208 e. The minimum atomic E-state index is -0.904. The van der Waals surface area contributed by atoms with E-state index in [4.69, 9.17) is 0 Å². The summed E-state index contributed by atoms with van der Waals surface area (Å²) in [6.45, 7) is 0. The van der Waals surface area contributed by atoms with Gasteiger partial charge in [-0.15, -0.1) is 10.2 Å². The number of halogens is 1. The Labute approximate surface area is 178 Å². The highest BCUT2D eigenvalue weighted by molar-refractivity contribution is 7.18. The van der Waals surface area contributed by atoms with Crippen LogP contribution in [0.4, 0.5) is 9.52 Å². The van der Waals surface area contributed by atoms with E-state index in [1.807, 2.05) is 44.4 Å². The lowest BCUT2D eigenvalue weighted by molar-refractivity contribution is 0.0703. The molecule has 2 unspecified atom stereocenters. The van der Waals surface area contributed by atoms with E-state index in [1.54, 1.807) is 16.9 Å². The van der Waals surface area contributed by atoms with Gasteiger partial charge in [-0.2, -0.15) is 5.10 Å². The molecule has 0 spiro atoms. The number of piperidine rings is 1. The molecule has 9 heteroatoms. The third kappa shape index (κ3) is 3.16. The van der Waals surface area contributed by atoms with Crippen LogP contribution in [0.25, 0.3) is 21.7 Å². The molecule has 0 aliphatic carbocycles. The Hall–Kier alpha value is -2.52. The van der Waals surface area contributed by atoms with Gasteiger partial charge in [0, 0.05) is 37.9 Å². The Kier molecular flexibility index (Phi) is 4.74. The molecule has 0 amide bonds. The molecule has 5 rings (SSSR count). The number of aromatic hydroxyl groups is 1. The van der Waals surface area contributed by atoms with Crippen LogP contribution >= 0.6 is 11.3 Å². The fourth-order valence-corrected chi connectivity index (χ4v) is 5.72. The molecular weight excluding hydrogens is 403 g/mol. The first-order valence-electron chi connectivity index (χ1n) is 10.2. The molecule has 158 valence electrons. The van der Waals surface area contributed by atoms with Crippen molar-refractivity contribution >= 4 is 16.5 Å². The van der Waals surface area contributed by atoms with Crippen molar-refractivity contribution in [3.05, 3.63) is 30.6 Å². The van der Waals surface area contributed by atoms with Gasteiger partial charge < -0.3 is 10.0 Å². The topological polar surface area (TPSA) is 70.3 Å². The highest BCUT2D eigenvalue weighted by Gasteiger charge is 2.47. The number of aryl methyl sites for hydroxylation is 1. The van der Waals surface area contributed by atoms with Crippen LogP contribution in [0.2, 0.25) is 0 Å². The summed E-state index contributed by atoms with van der Waals surface area (Å²) in [6.07, 6.45) is 5.53. The van der Waals surface area contributed by atoms with Crippen molar-refractivity contribution in [1.82, 2.24) is 24.9 Å². The van der Waals surface area contributed by atoms with Crippen LogP contribution < -0.4 is 4.90 Å². The number of anilines is 1. The molecule has 1 N–H and O–H groups in total. The van der Waals surface area contributed by atoms with Crippen molar-refractivity contribution < 1.29 is 9.50 Å². The molecular formula is C21H25FN6OS. The summed E-state index contributed by atoms with van der Waals surface area (Å²) in [4.78, 5) is 4.13. The zero-order valence-electron chi connectivity index (χ0n) is 17.2. The molecule has 0 saturated carbocycles. The number of rotatable bonds is 4. The lowest BCUT2D eigenvalue weighted by Crippen LogP contribution is -2.56. The van der Waals surface area contributed by atoms with Crippen LogP contribution in [-0.2, 0) is 7.05 Å². The van der Waals surface area contributed by atoms with Gasteiger partial charge in [-0.1, -0.05) is 17.4 Å². The standard InChI is InChI=1S/C21H25FN6OS/c1-26-11-13(10-23-26)12-4-6-15(18(29)8-12)20-24-25-21(30-20)28(3)17-9-14-5-7-16(19(17)22)27(14)2/h4,6,8,10-11,14,16-17,19,29H,5,7,9H2,1-3H3/t14?,16?,17-,19+/m1/s1. The van der Waals surface area contributed by atoms with E-state index >= 15 is 4.39 Å². The summed E-state index contributed by atoms with van der Waals surface area (Å²) in [6, 6.07) is 5.72. The number of hydrogen-bond donors (Lipinski definition) is 1. The Bertz CT molecular complexity index is 1070. The van der Waals surface area contributed by atoms with Crippen molar-refractivity contribution in [3.63, 3.8) is 0 Å². The normalized spacial score (nSPS) is 26.3. The van der Waals surface area contributed by atoms with Gasteiger partial charge in [0.1, 0.15) is 11.9 Å². The van der Waals surface area contributed by atoms with Crippen LogP contribution in [0.15, 0.2) is 30.6 Å². The van der Waals surface area contributed by atoms with Gasteiger partial charge in [0.05, 0.1) is 17.8 Å². The first-order valence-corrected chi connectivity index (χ1v) is 11.0. The molecule has 4 atom stereocenters. The van der Waals surface area contributed by atoms with Crippen molar-refractivity contribution in [2.45, 2.75) is 43.6 Å². The summed E-state index contributed by atoms with van der Waals surface area (Å²) in [5.74, 6) is 0.141. The predicted octanol–water partition coefficient (Wildman–Crippen LogP) is 3.32. The average molecular weight is 429 g/mol. The fraction of sp³-hybridized carbons (Fsp3) is 0.476. The quantitative estimate of drug-likeness (QED) is 0.688. The molecule has 2 aliphatic rings. The van der Waals surface area contributed by atoms with E-state index in [0.29, 0.717) is 21.7 Å². The molecule has 3 aromatic rings. The third-order valence-electron chi connectivity index (χ3n) is 6.62. The minimum Gasteiger partial charge on any atom is -0.507 e. The van der Waals surface area contributed by atoms with Crippen molar-refractivity contribution in [3.8, 4) is 27.4 Å². The minimum absolute atomic E-state index is 0.00680. The van der Waals surface area contributed by atoms with Crippen molar-refractivity contribution in [2.75, 3.05) is 19.0 Å². The molecule has 1 aromatic carbocycles. The lowest BCUT2D eigenvalue weighted by atomic mass is 9.95. The Morgan fingerprint density at radius 1 is 1.20 bits per heavy atom. The molecule has 2 saturated heterocycles. The number of fused-ring (bicyclic) bond motifs is 2. The number of benzene rings is 1. The first kappa shape index (κ1) is 19.4. The maximum absolute atomic E-state index is 15.2. The van der Waals surface area contributed by atoms with Gasteiger partial charge in [-0.05, 0) is 44.0 Å². The maximum Gasteiger partial charge on any atom is 0.208 e. The third-order valence-corrected chi connectivity index (χ3v) is 7.67. The van der Waals surface area contributed by atoms with Gasteiger partial charge in [0.15, 0.2) is 5.01 Å². The zero-order valence-corrected chi connectivity index (χ0v) is 18.1. The SMILES string of the molecule is CN1C2CCC1[C@H](F)[C@H](N(C)c1nnc(-c3ccc(-c4cnn(C)c4)cc3O)s1)C2. The second kappa shape index (κ2) is 7.31. The van der Waals surface area contributed by atoms with Crippen LogP contribution in [0.3, 0.4) is 0 Å². The zero-order chi connectivity index (χ0) is 21.0. The number of phenolic OH excluding ortho intramolecular Hbond substituents is 1.